The number of hydrogen-bond donors (Lipinski definition) is 1. The number of hydrogen-bond acceptors (Lipinski definition) is 2. The Labute approximate surface area is 147 Å². The van der Waals surface area contributed by atoms with Gasteiger partial charge in [-0.3, -0.25) is 0 Å². The van der Waals surface area contributed by atoms with E-state index in [0.717, 1.165) is 6.08 Å². The Hall–Kier alpha value is -1.69. The Morgan fingerprint density at radius 2 is 1.75 bits per heavy atom. The van der Waals surface area contributed by atoms with Gasteiger partial charge in [0.2, 0.25) is 0 Å². The summed E-state index contributed by atoms with van der Waals surface area (Å²) in [7, 11) is 0. The number of aryl methyl sites for hydroxylation is 1. The molecule has 7 heteroatoms. The predicted molar refractivity (Wildman–Crippen MR) is 90.3 cm³/mol. The van der Waals surface area contributed by atoms with Crippen molar-refractivity contribution in [3.05, 3.63) is 69.2 Å². The number of rotatable bonds is 4. The minimum atomic E-state index is -4.46. The van der Waals surface area contributed by atoms with E-state index >= 15 is 0 Å². The van der Waals surface area contributed by atoms with E-state index in [2.05, 4.69) is 4.84 Å². The number of nitrogens with two attached hydrogens (primary N) is 1. The summed E-state index contributed by atoms with van der Waals surface area (Å²) in [6, 6.07) is 8.96. The van der Waals surface area contributed by atoms with Crippen molar-refractivity contribution in [3.8, 4) is 5.75 Å². The molecule has 2 nitrogen and oxygen atoms in total. The van der Waals surface area contributed by atoms with Crippen molar-refractivity contribution in [3.63, 3.8) is 0 Å². The van der Waals surface area contributed by atoms with Crippen LogP contribution in [0, 0.1) is 6.92 Å². The molecule has 0 aliphatic rings. The lowest BCUT2D eigenvalue weighted by Gasteiger charge is -2.19. The summed E-state index contributed by atoms with van der Waals surface area (Å²) in [5.41, 5.74) is 1.11. The van der Waals surface area contributed by atoms with E-state index in [4.69, 9.17) is 29.1 Å². The van der Waals surface area contributed by atoms with Crippen LogP contribution in [-0.2, 0) is 0 Å². The second-order valence-electron chi connectivity index (χ2n) is 5.20. The van der Waals surface area contributed by atoms with E-state index < -0.39 is 12.1 Å². The number of alkyl halides is 3. The lowest BCUT2D eigenvalue weighted by molar-refractivity contribution is -0.139. The summed E-state index contributed by atoms with van der Waals surface area (Å²) in [4.78, 5) is 4.52. The first kappa shape index (κ1) is 18.6. The van der Waals surface area contributed by atoms with E-state index in [1.54, 1.807) is 31.2 Å². The molecule has 0 bridgehead atoms. The zero-order valence-corrected chi connectivity index (χ0v) is 14.1. The topological polar surface area (TPSA) is 35.2 Å². The fourth-order valence-electron chi connectivity index (χ4n) is 2.21. The van der Waals surface area contributed by atoms with Gasteiger partial charge in [0.05, 0.1) is 16.0 Å². The van der Waals surface area contributed by atoms with E-state index in [-0.39, 0.29) is 15.6 Å². The van der Waals surface area contributed by atoms with E-state index in [1.165, 1.54) is 18.2 Å². The van der Waals surface area contributed by atoms with Crippen LogP contribution in [0.25, 0.3) is 6.08 Å². The monoisotopic (exact) mass is 375 g/mol. The molecule has 0 heterocycles. The maximum Gasteiger partial charge on any atom is 0.399 e. The molecule has 128 valence electrons. The van der Waals surface area contributed by atoms with Gasteiger partial charge in [-0.15, -0.1) is 0 Å². The molecule has 2 aromatic carbocycles. The van der Waals surface area contributed by atoms with Gasteiger partial charge in [0, 0.05) is 0 Å². The van der Waals surface area contributed by atoms with Crippen LogP contribution < -0.4 is 10.7 Å². The van der Waals surface area contributed by atoms with Crippen molar-refractivity contribution in [2.75, 3.05) is 0 Å². The molecule has 2 N–H and O–H groups in total. The molecule has 0 fully saturated rings. The van der Waals surface area contributed by atoms with Crippen molar-refractivity contribution >= 4 is 29.3 Å². The van der Waals surface area contributed by atoms with Gasteiger partial charge >= 0.3 is 6.18 Å². The zero-order chi connectivity index (χ0) is 17.9. The average Bonchev–Trinajstić information content (AvgIpc) is 2.52. The van der Waals surface area contributed by atoms with Crippen LogP contribution in [0.5, 0.6) is 5.75 Å². The van der Waals surface area contributed by atoms with Gasteiger partial charge in [0.15, 0.2) is 0 Å². The van der Waals surface area contributed by atoms with Crippen molar-refractivity contribution in [2.45, 2.75) is 19.0 Å². The average molecular weight is 376 g/mol. The van der Waals surface area contributed by atoms with E-state index in [9.17, 15) is 13.2 Å². The SMILES string of the molecule is Cc1cc(C(/C=C/c2ccc(ON)cc2)C(F)(F)F)cc(Cl)c1Cl. The molecule has 24 heavy (non-hydrogen) atoms. The van der Waals surface area contributed by atoms with Gasteiger partial charge in [-0.1, -0.05) is 53.6 Å². The van der Waals surface area contributed by atoms with Crippen LogP contribution in [0.15, 0.2) is 42.5 Å². The van der Waals surface area contributed by atoms with Crippen LogP contribution in [0.1, 0.15) is 22.6 Å². The Balaban J connectivity index is 2.37. The second-order valence-corrected chi connectivity index (χ2v) is 5.98. The molecule has 2 rings (SSSR count). The third-order valence-electron chi connectivity index (χ3n) is 3.44. The van der Waals surface area contributed by atoms with Crippen molar-refractivity contribution in [2.24, 2.45) is 5.90 Å². The first-order chi connectivity index (χ1) is 11.2. The Kier molecular flexibility index (Phi) is 5.80. The highest BCUT2D eigenvalue weighted by atomic mass is 35.5. The maximum atomic E-state index is 13.4. The Bertz CT molecular complexity index is 719. The lowest BCUT2D eigenvalue weighted by atomic mass is 9.95. The van der Waals surface area contributed by atoms with E-state index in [1.807, 2.05) is 0 Å². The molecule has 1 atom stereocenters. The van der Waals surface area contributed by atoms with Crippen LogP contribution in [-0.4, -0.2) is 6.18 Å². The molecule has 0 saturated heterocycles. The Morgan fingerprint density at radius 1 is 1.12 bits per heavy atom. The second kappa shape index (κ2) is 7.47. The maximum absolute atomic E-state index is 13.4. The lowest BCUT2D eigenvalue weighted by Crippen LogP contribution is -2.19. The fraction of sp³-hybridized carbons (Fsp3) is 0.176. The fourth-order valence-corrected chi connectivity index (χ4v) is 2.59. The highest BCUT2D eigenvalue weighted by molar-refractivity contribution is 6.42. The smallest absolute Gasteiger partial charge is 0.399 e. The first-order valence-corrected chi connectivity index (χ1v) is 7.65. The molecule has 0 saturated carbocycles. The minimum absolute atomic E-state index is 0.0348. The molecule has 0 amide bonds. The van der Waals surface area contributed by atoms with Gasteiger partial charge in [-0.2, -0.15) is 19.1 Å². The molecule has 2 aromatic rings. The third-order valence-corrected chi connectivity index (χ3v) is 4.34. The normalized spacial score (nSPS) is 13.3. The van der Waals surface area contributed by atoms with E-state index in [0.29, 0.717) is 16.9 Å². The summed E-state index contributed by atoms with van der Waals surface area (Å²) in [5, 5.41) is 0.349. The van der Waals surface area contributed by atoms with Gasteiger partial charge in [-0.25, -0.2) is 0 Å². The third kappa shape index (κ3) is 4.44. The van der Waals surface area contributed by atoms with Crippen LogP contribution >= 0.6 is 23.2 Å². The molecule has 0 aliphatic heterocycles. The van der Waals surface area contributed by atoms with Crippen molar-refractivity contribution < 1.29 is 18.0 Å². The predicted octanol–water partition coefficient (Wildman–Crippen LogP) is 5.91. The molecular weight excluding hydrogens is 362 g/mol. The molecule has 0 radical (unpaired) electrons. The zero-order valence-electron chi connectivity index (χ0n) is 12.6. The first-order valence-electron chi connectivity index (χ1n) is 6.89. The van der Waals surface area contributed by atoms with Crippen LogP contribution in [0.4, 0.5) is 13.2 Å². The molecular formula is C17H14Cl2F3NO. The molecule has 0 aromatic heterocycles. The van der Waals surface area contributed by atoms with Gasteiger partial charge in [0.1, 0.15) is 5.75 Å². The van der Waals surface area contributed by atoms with Crippen LogP contribution in [0.2, 0.25) is 10.0 Å². The summed E-state index contributed by atoms with van der Waals surface area (Å²) in [5.74, 6) is 3.63. The van der Waals surface area contributed by atoms with Crippen molar-refractivity contribution in [1.29, 1.82) is 0 Å². The minimum Gasteiger partial charge on any atom is -0.412 e. The van der Waals surface area contributed by atoms with Crippen LogP contribution in [0.3, 0.4) is 0 Å². The highest BCUT2D eigenvalue weighted by Crippen LogP contribution is 2.39. The summed E-state index contributed by atoms with van der Waals surface area (Å²) in [6.07, 6.45) is -1.99. The number of halogens is 5. The summed E-state index contributed by atoms with van der Waals surface area (Å²) < 4.78 is 40.3. The van der Waals surface area contributed by atoms with Crippen molar-refractivity contribution in [1.82, 2.24) is 0 Å². The quantitative estimate of drug-likeness (QED) is 0.673. The highest BCUT2D eigenvalue weighted by Gasteiger charge is 2.39. The number of allylic oxidation sites excluding steroid dienone is 1. The molecule has 1 unspecified atom stereocenters. The standard InChI is InChI=1S/C17H14Cl2F3NO/c1-10-8-12(9-15(18)16(10)19)14(17(20,21)22)7-4-11-2-5-13(24-23)6-3-11/h2-9,14H,23H2,1H3/b7-4+. The van der Waals surface area contributed by atoms with Gasteiger partial charge in [0.25, 0.3) is 0 Å². The summed E-state index contributed by atoms with van der Waals surface area (Å²) >= 11 is 11.8. The summed E-state index contributed by atoms with van der Waals surface area (Å²) in [6.45, 7) is 1.61. The Morgan fingerprint density at radius 3 is 2.25 bits per heavy atom. The number of benzene rings is 2. The van der Waals surface area contributed by atoms with Gasteiger partial charge < -0.3 is 4.84 Å². The molecule has 0 aliphatic carbocycles. The largest absolute Gasteiger partial charge is 0.412 e. The molecule has 0 spiro atoms. The van der Waals surface area contributed by atoms with Gasteiger partial charge in [-0.05, 0) is 41.8 Å².